The Morgan fingerprint density at radius 1 is 1.46 bits per heavy atom. The van der Waals surface area contributed by atoms with Gasteiger partial charge in [-0.05, 0) is 6.16 Å². The maximum absolute atomic E-state index is 10.1. The highest BCUT2D eigenvalue weighted by Crippen LogP contribution is 2.21. The van der Waals surface area contributed by atoms with Gasteiger partial charge in [0, 0.05) is 6.42 Å². The average Bonchev–Trinajstić information content (AvgIpc) is 1.95. The molecule has 0 aromatic rings. The van der Waals surface area contributed by atoms with Crippen LogP contribution >= 0.6 is 7.60 Å². The molecule has 0 aliphatic carbocycles. The summed E-state index contributed by atoms with van der Waals surface area (Å²) in [6.45, 7) is 0. The number of allylic oxidation sites excluding steroid dienone is 1. The third-order valence-corrected chi connectivity index (χ3v) is 1.91. The first-order chi connectivity index (χ1) is 5.83. The lowest BCUT2D eigenvalue weighted by molar-refractivity contribution is -0.436. The molecule has 0 spiro atoms. The summed E-state index contributed by atoms with van der Waals surface area (Å²) in [5.74, 6) is -1.31. The predicted molar refractivity (Wildman–Crippen MR) is 37.9 cm³/mol. The minimum absolute atomic E-state index is 0.0579. The van der Waals surface area contributed by atoms with Crippen molar-refractivity contribution in [2.45, 2.75) is 12.5 Å². The van der Waals surface area contributed by atoms with Gasteiger partial charge in [0.15, 0.2) is 0 Å². The summed E-state index contributed by atoms with van der Waals surface area (Å²) < 4.78 is 10.1. The Morgan fingerprint density at radius 2 is 2.00 bits per heavy atom. The normalized spacial score (nSPS) is 14.7. The monoisotopic (exact) mass is 207 g/mol. The largest absolute Gasteiger partial charge is 0.811 e. The molecule has 0 aromatic heterocycles. The Balaban J connectivity index is 3.77. The molecule has 7 heteroatoms. The van der Waals surface area contributed by atoms with Crippen LogP contribution in [0.25, 0.3) is 0 Å². The fourth-order valence-electron chi connectivity index (χ4n) is 0.560. The van der Waals surface area contributed by atoms with Gasteiger partial charge in [-0.1, -0.05) is 19.7 Å². The van der Waals surface area contributed by atoms with Gasteiger partial charge in [-0.25, -0.2) is 0 Å². The van der Waals surface area contributed by atoms with Crippen LogP contribution in [-0.4, -0.2) is 18.2 Å². The van der Waals surface area contributed by atoms with Crippen molar-refractivity contribution < 1.29 is 30.0 Å². The number of carboxylic acids is 1. The third kappa shape index (κ3) is 7.67. The molecule has 0 bridgehead atoms. The zero-order valence-electron chi connectivity index (χ0n) is 6.84. The minimum Gasteiger partial charge on any atom is -0.811 e. The van der Waals surface area contributed by atoms with Gasteiger partial charge in [-0.3, -0.25) is 0 Å². The molecular formula is C6H10NO5P-2. The van der Waals surface area contributed by atoms with Gasteiger partial charge in [0.05, 0.1) is 5.97 Å². The zero-order chi connectivity index (χ0) is 10.5. The second-order valence-electron chi connectivity index (χ2n) is 2.52. The second-order valence-corrected chi connectivity index (χ2v) is 4.10. The summed E-state index contributed by atoms with van der Waals surface area (Å²) in [5.41, 5.74) is 3.23. The van der Waals surface area contributed by atoms with Crippen LogP contribution in [0.3, 0.4) is 0 Å². The molecule has 3 N–H and O–H groups in total. The molecule has 0 aliphatic heterocycles. The Labute approximate surface area is 75.2 Å². The van der Waals surface area contributed by atoms with Crippen molar-refractivity contribution in [2.75, 3.05) is 6.16 Å². The predicted octanol–water partition coefficient (Wildman–Crippen LogP) is -3.79. The fourth-order valence-corrected chi connectivity index (χ4v) is 0.968. The number of rotatable bonds is 5. The smallest absolute Gasteiger partial charge is 0.128 e. The van der Waals surface area contributed by atoms with Crippen molar-refractivity contribution >= 4 is 13.6 Å². The molecule has 0 fully saturated rings. The van der Waals surface area contributed by atoms with Crippen molar-refractivity contribution in [3.8, 4) is 0 Å². The van der Waals surface area contributed by atoms with E-state index in [1.165, 1.54) is 6.08 Å². The summed E-state index contributed by atoms with van der Waals surface area (Å²) in [7, 11) is -4.52. The molecule has 13 heavy (non-hydrogen) atoms. The number of hydrogen-bond acceptors (Lipinski definition) is 5. The van der Waals surface area contributed by atoms with Crippen molar-refractivity contribution in [1.29, 1.82) is 0 Å². The highest BCUT2D eigenvalue weighted by molar-refractivity contribution is 7.48. The van der Waals surface area contributed by atoms with Crippen LogP contribution in [0.5, 0.6) is 0 Å². The van der Waals surface area contributed by atoms with Gasteiger partial charge in [0.25, 0.3) is 0 Å². The van der Waals surface area contributed by atoms with Crippen molar-refractivity contribution in [2.24, 2.45) is 0 Å². The van der Waals surface area contributed by atoms with Gasteiger partial charge >= 0.3 is 0 Å². The lowest BCUT2D eigenvalue weighted by Gasteiger charge is -2.27. The van der Waals surface area contributed by atoms with Crippen molar-refractivity contribution in [1.82, 2.24) is 0 Å². The molecule has 0 aliphatic rings. The van der Waals surface area contributed by atoms with Crippen molar-refractivity contribution in [3.63, 3.8) is 0 Å². The van der Waals surface area contributed by atoms with E-state index in [9.17, 15) is 24.3 Å². The van der Waals surface area contributed by atoms with Gasteiger partial charge in [-0.2, -0.15) is 0 Å². The summed E-state index contributed by atoms with van der Waals surface area (Å²) in [6, 6.07) is -0.922. The molecule has 1 atom stereocenters. The fraction of sp³-hybridized carbons (Fsp3) is 0.500. The number of quaternary nitrogens is 1. The molecule has 76 valence electrons. The molecule has 0 unspecified atom stereocenters. The minimum atomic E-state index is -4.52. The van der Waals surface area contributed by atoms with Crippen LogP contribution in [0.4, 0.5) is 0 Å². The van der Waals surface area contributed by atoms with Gasteiger partial charge < -0.3 is 30.0 Å². The van der Waals surface area contributed by atoms with Crippen LogP contribution < -0.4 is 20.6 Å². The molecule has 0 heterocycles. The van der Waals surface area contributed by atoms with Gasteiger partial charge in [0.2, 0.25) is 0 Å². The zero-order valence-corrected chi connectivity index (χ0v) is 7.74. The standard InChI is InChI=1S/C6H12NO5P/c7-5(6(8)9)3-1-2-4-13(10,11)12/h1-2,5H,3-4,7H2,(H,8,9)(H2,10,11,12)/p-2/b2-1+/t5-/m0/s1. The van der Waals surface area contributed by atoms with Crippen molar-refractivity contribution in [3.05, 3.63) is 12.2 Å². The molecule has 0 rings (SSSR count). The molecule has 0 saturated carbocycles. The van der Waals surface area contributed by atoms with E-state index in [0.29, 0.717) is 0 Å². The highest BCUT2D eigenvalue weighted by atomic mass is 31.2. The van der Waals surface area contributed by atoms with E-state index < -0.39 is 25.8 Å². The van der Waals surface area contributed by atoms with Crippen LogP contribution in [0.15, 0.2) is 12.2 Å². The number of carboxylic acid groups (broad SMARTS) is 1. The molecule has 6 nitrogen and oxygen atoms in total. The Morgan fingerprint density at radius 3 is 2.38 bits per heavy atom. The first-order valence-electron chi connectivity index (χ1n) is 3.53. The quantitative estimate of drug-likeness (QED) is 0.365. The van der Waals surface area contributed by atoms with Crippen LogP contribution in [0.1, 0.15) is 6.42 Å². The summed E-state index contributed by atoms with van der Waals surface area (Å²) in [6.07, 6.45) is 1.85. The van der Waals surface area contributed by atoms with Gasteiger partial charge in [0.1, 0.15) is 6.04 Å². The van der Waals surface area contributed by atoms with E-state index in [1.54, 1.807) is 0 Å². The molecule has 0 saturated heterocycles. The number of aliphatic carboxylic acids is 1. The Kier molecular flexibility index (Phi) is 4.87. The lowest BCUT2D eigenvalue weighted by atomic mass is 10.2. The van der Waals surface area contributed by atoms with E-state index in [-0.39, 0.29) is 6.42 Å². The maximum Gasteiger partial charge on any atom is 0.128 e. The van der Waals surface area contributed by atoms with E-state index in [1.807, 2.05) is 0 Å². The average molecular weight is 207 g/mol. The van der Waals surface area contributed by atoms with Crippen LogP contribution in [0.2, 0.25) is 0 Å². The van der Waals surface area contributed by atoms with E-state index in [0.717, 1.165) is 6.08 Å². The summed E-state index contributed by atoms with van der Waals surface area (Å²) in [4.78, 5) is 30.3. The SMILES string of the molecule is [NH3+][C@@H](C/C=C/CP(=O)([O-])[O-])C(=O)[O-]. The topological polar surface area (TPSA) is 131 Å². The Bertz CT molecular complexity index is 245. The van der Waals surface area contributed by atoms with E-state index in [4.69, 9.17) is 0 Å². The molecule has 0 radical (unpaired) electrons. The summed E-state index contributed by atoms with van der Waals surface area (Å²) >= 11 is 0. The third-order valence-electron chi connectivity index (χ3n) is 1.25. The lowest BCUT2D eigenvalue weighted by Crippen LogP contribution is -2.68. The first kappa shape index (κ1) is 12.3. The molecule has 0 aromatic carbocycles. The first-order valence-corrected chi connectivity index (χ1v) is 5.26. The highest BCUT2D eigenvalue weighted by Gasteiger charge is 2.02. The van der Waals surface area contributed by atoms with E-state index in [2.05, 4.69) is 5.73 Å². The van der Waals surface area contributed by atoms with E-state index >= 15 is 0 Å². The number of hydrogen-bond donors (Lipinski definition) is 1. The summed E-state index contributed by atoms with van der Waals surface area (Å²) in [5, 5.41) is 10.1. The van der Waals surface area contributed by atoms with Gasteiger partial charge in [-0.15, -0.1) is 0 Å². The molecule has 0 amide bonds. The number of carbonyl (C=O) groups is 1. The molecular weight excluding hydrogens is 197 g/mol. The Hall–Kier alpha value is -0.680. The second kappa shape index (κ2) is 5.14. The van der Waals surface area contributed by atoms with Crippen LogP contribution in [-0.2, 0) is 9.36 Å². The number of carbonyl (C=O) groups excluding carboxylic acids is 1. The maximum atomic E-state index is 10.1. The van der Waals surface area contributed by atoms with Crippen LogP contribution in [0, 0.1) is 0 Å².